The van der Waals surface area contributed by atoms with Gasteiger partial charge in [-0.1, -0.05) is 0 Å². The Morgan fingerprint density at radius 3 is 1.52 bits per heavy atom. The van der Waals surface area contributed by atoms with Crippen molar-refractivity contribution in [2.45, 2.75) is 171 Å². The van der Waals surface area contributed by atoms with Crippen molar-refractivity contribution in [2.75, 3.05) is 65.6 Å². The molecule has 2 fully saturated rings. The van der Waals surface area contributed by atoms with Crippen molar-refractivity contribution in [1.29, 1.82) is 0 Å². The summed E-state index contributed by atoms with van der Waals surface area (Å²) in [5, 5.41) is 93.5. The maximum Gasteiger partial charge on any atom is 0.322 e. The minimum atomic E-state index is -1.94. The SMILES string of the molecule is CC(=O)NC1C(OC2C(CO)OC(O)C(NC(C)=O)C2OC(C)C(=O)NC(C)C(=O)NC(CCC(=O)NC(CCCCNC(=O)C(C)NC(=O)CNC(=O)CNC(=O)CNC(=O)CN)C(=O)NC(C)C(=O)NCC(=O)NCC(=O)NCC(=O)O)C(N)=O)OC(CO)C(O)C1O. The maximum atomic E-state index is 13.7. The molecule has 95 heavy (non-hydrogen) atoms. The predicted molar refractivity (Wildman–Crippen MR) is 317 cm³/mol. The van der Waals surface area contributed by atoms with Crippen LogP contribution >= 0.6 is 0 Å². The van der Waals surface area contributed by atoms with Crippen molar-refractivity contribution in [1.82, 2.24) is 74.4 Å². The van der Waals surface area contributed by atoms with E-state index in [-0.39, 0.29) is 32.4 Å². The number of nitrogens with one attached hydrogen (secondary N) is 14. The van der Waals surface area contributed by atoms with E-state index in [1.807, 2.05) is 5.32 Å². The Hall–Kier alpha value is -8.88. The number of amides is 15. The second-order valence-corrected chi connectivity index (χ2v) is 21.6. The Bertz CT molecular complexity index is 2710. The van der Waals surface area contributed by atoms with E-state index in [1.165, 1.54) is 20.8 Å². The number of carbonyl (C=O) groups is 16. The molecule has 0 bridgehead atoms. The molecular weight excluding hydrogens is 1280 g/mol. The van der Waals surface area contributed by atoms with E-state index in [1.54, 1.807) is 0 Å². The van der Waals surface area contributed by atoms with Crippen molar-refractivity contribution in [3.63, 3.8) is 0 Å². The van der Waals surface area contributed by atoms with Crippen LogP contribution in [0.15, 0.2) is 0 Å². The third kappa shape index (κ3) is 30.0. The van der Waals surface area contributed by atoms with Gasteiger partial charge in [0.2, 0.25) is 88.6 Å². The van der Waals surface area contributed by atoms with Crippen LogP contribution in [0.2, 0.25) is 0 Å². The lowest BCUT2D eigenvalue weighted by molar-refractivity contribution is -0.333. The maximum absolute atomic E-state index is 13.7. The van der Waals surface area contributed by atoms with Crippen molar-refractivity contribution in [2.24, 2.45) is 11.5 Å². The van der Waals surface area contributed by atoms with Gasteiger partial charge in [-0.15, -0.1) is 0 Å². The number of hydrogen-bond donors (Lipinski definition) is 22. The number of aliphatic hydroxyl groups is 5. The molecule has 2 aliphatic heterocycles. The minimum Gasteiger partial charge on any atom is -0.480 e. The standard InChI is InChI=1S/C53H88N16O26/c1-22(63-38(80)18-60-35(77)15-58-34(76)14-57-33(75)13-54)47(86)56-12-8-7-9-29(51(90)65-23(2)48(87)62-17-37(79)59-16-36(78)61-19-39(81)82)68-32(74)11-10-28(46(55)85)69-49(88)24(3)64-50(89)25(4)92-45-41(67-27(6)73)52(91)93-31(21-71)44(45)95-53-40(66-26(5)72)43(84)42(83)30(20-70)94-53/h22-25,28-31,40-45,52-53,70-71,83-84,91H,7-21,54H2,1-6H3,(H2,55,85)(H,56,86)(H,57,75)(H,58,76)(H,59,79)(H,60,77)(H,61,78)(H,62,87)(H,63,80)(H,64,89)(H,65,90)(H,66,72)(H,67,73)(H,68,74)(H,69,88)(H,81,82). The number of carboxylic acids is 1. The van der Waals surface area contributed by atoms with Crippen LogP contribution in [-0.4, -0.2) is 288 Å². The average Bonchev–Trinajstić information content (AvgIpc) is 0.781. The first-order valence-corrected chi connectivity index (χ1v) is 29.6. The molecule has 0 aromatic carbocycles. The highest BCUT2D eigenvalue weighted by Crippen LogP contribution is 2.31. The van der Waals surface area contributed by atoms with E-state index in [9.17, 15) is 102 Å². The number of hydrogen-bond acceptors (Lipinski definition) is 26. The first kappa shape index (κ1) is 82.2. The lowest BCUT2D eigenvalue weighted by Gasteiger charge is -2.48. The second kappa shape index (κ2) is 41.7. The molecule has 2 rings (SSSR count). The van der Waals surface area contributed by atoms with Gasteiger partial charge in [-0.05, 0) is 53.4 Å². The fraction of sp³-hybridized carbons (Fsp3) is 0.698. The zero-order valence-electron chi connectivity index (χ0n) is 52.8. The van der Waals surface area contributed by atoms with Gasteiger partial charge in [0.25, 0.3) is 0 Å². The quantitative estimate of drug-likeness (QED) is 0.0253. The largest absolute Gasteiger partial charge is 0.480 e. The third-order valence-corrected chi connectivity index (χ3v) is 13.8. The van der Waals surface area contributed by atoms with Crippen molar-refractivity contribution in [3.05, 3.63) is 0 Å². The number of nitrogens with two attached hydrogens (primary N) is 2. The molecule has 42 heteroatoms. The molecule has 0 radical (unpaired) electrons. The van der Waals surface area contributed by atoms with Gasteiger partial charge in [0.15, 0.2) is 12.6 Å². The summed E-state index contributed by atoms with van der Waals surface area (Å²) in [5.41, 5.74) is 10.7. The molecular formula is C53H88N16O26. The fourth-order valence-corrected chi connectivity index (χ4v) is 8.72. The van der Waals surface area contributed by atoms with Crippen LogP contribution in [-0.2, 0) is 95.7 Å². The predicted octanol–water partition coefficient (Wildman–Crippen LogP) is -13.9. The number of aliphatic carboxylic acids is 1. The van der Waals surface area contributed by atoms with Crippen LogP contribution in [0.5, 0.6) is 0 Å². The summed E-state index contributed by atoms with van der Waals surface area (Å²) in [6.45, 7) is 1.18. The molecule has 0 aliphatic carbocycles. The fourth-order valence-electron chi connectivity index (χ4n) is 8.72. The Balaban J connectivity index is 2.17. The number of carbonyl (C=O) groups excluding carboxylic acids is 15. The zero-order chi connectivity index (χ0) is 71.8. The summed E-state index contributed by atoms with van der Waals surface area (Å²) < 4.78 is 23.3. The molecule has 42 nitrogen and oxygen atoms in total. The molecule has 0 aromatic rings. The Labute approximate surface area is 542 Å². The highest BCUT2D eigenvalue weighted by Gasteiger charge is 2.53. The molecule has 2 heterocycles. The molecule has 15 amide bonds. The Morgan fingerprint density at radius 1 is 0.484 bits per heavy atom. The molecule has 0 spiro atoms. The van der Waals surface area contributed by atoms with Crippen LogP contribution < -0.4 is 85.9 Å². The van der Waals surface area contributed by atoms with Gasteiger partial charge < -0.3 is 135 Å². The first-order chi connectivity index (χ1) is 44.6. The smallest absolute Gasteiger partial charge is 0.322 e. The zero-order valence-corrected chi connectivity index (χ0v) is 52.8. The Morgan fingerprint density at radius 2 is 0.979 bits per heavy atom. The number of rotatable bonds is 40. The molecule has 0 aromatic heterocycles. The van der Waals surface area contributed by atoms with E-state index in [0.717, 1.165) is 20.8 Å². The van der Waals surface area contributed by atoms with Crippen molar-refractivity contribution < 1.29 is 126 Å². The lowest BCUT2D eigenvalue weighted by Crippen LogP contribution is -2.70. The lowest BCUT2D eigenvalue weighted by atomic mass is 9.94. The van der Waals surface area contributed by atoms with E-state index < -0.39 is 258 Å². The molecule has 2 aliphatic rings. The molecule has 536 valence electrons. The highest BCUT2D eigenvalue weighted by molar-refractivity contribution is 5.96. The van der Waals surface area contributed by atoms with Crippen LogP contribution in [0.25, 0.3) is 0 Å². The third-order valence-electron chi connectivity index (χ3n) is 13.8. The summed E-state index contributed by atoms with van der Waals surface area (Å²) >= 11 is 0. The number of ether oxygens (including phenoxy) is 4. The van der Waals surface area contributed by atoms with Gasteiger partial charge in [-0.3, -0.25) is 76.7 Å². The summed E-state index contributed by atoms with van der Waals surface area (Å²) in [6.07, 6.45) is -16.4. The van der Waals surface area contributed by atoms with Crippen LogP contribution in [0.4, 0.5) is 0 Å². The average molecular weight is 1370 g/mol. The second-order valence-electron chi connectivity index (χ2n) is 21.6. The minimum absolute atomic E-state index is 0.0543. The summed E-state index contributed by atoms with van der Waals surface area (Å²) in [7, 11) is 0. The van der Waals surface area contributed by atoms with Gasteiger partial charge in [-0.25, -0.2) is 0 Å². The molecule has 0 saturated carbocycles. The monoisotopic (exact) mass is 1360 g/mol. The van der Waals surface area contributed by atoms with Gasteiger partial charge in [-0.2, -0.15) is 0 Å². The van der Waals surface area contributed by atoms with Crippen LogP contribution in [0.1, 0.15) is 73.6 Å². The molecule has 16 atom stereocenters. The van der Waals surface area contributed by atoms with E-state index >= 15 is 0 Å². The topological polar surface area (TPSA) is 652 Å². The van der Waals surface area contributed by atoms with Gasteiger partial charge in [0.05, 0.1) is 52.5 Å². The normalized spacial score (nSPS) is 22.4. The molecule has 24 N–H and O–H groups in total. The highest BCUT2D eigenvalue weighted by atomic mass is 16.7. The van der Waals surface area contributed by atoms with Crippen molar-refractivity contribution in [3.8, 4) is 0 Å². The number of aliphatic hydroxyl groups excluding tert-OH is 5. The Kier molecular flexibility index (Phi) is 36.1. The number of unbranched alkanes of at least 4 members (excludes halogenated alkanes) is 1. The van der Waals surface area contributed by atoms with Crippen LogP contribution in [0, 0.1) is 0 Å². The van der Waals surface area contributed by atoms with Crippen LogP contribution in [0.3, 0.4) is 0 Å². The molecule has 16 unspecified atom stereocenters. The van der Waals surface area contributed by atoms with Crippen molar-refractivity contribution >= 4 is 94.6 Å². The van der Waals surface area contributed by atoms with E-state index in [2.05, 4.69) is 69.1 Å². The first-order valence-electron chi connectivity index (χ1n) is 29.6. The van der Waals surface area contributed by atoms with Gasteiger partial charge in [0.1, 0.15) is 91.6 Å². The van der Waals surface area contributed by atoms with Gasteiger partial charge >= 0.3 is 5.97 Å². The van der Waals surface area contributed by atoms with Gasteiger partial charge in [0, 0.05) is 26.8 Å². The van der Waals surface area contributed by atoms with E-state index in [0.29, 0.717) is 0 Å². The molecule has 2 saturated heterocycles. The van der Waals surface area contributed by atoms with E-state index in [4.69, 9.17) is 35.5 Å². The number of carboxylic acid groups (broad SMARTS) is 1. The summed E-state index contributed by atoms with van der Waals surface area (Å²) in [4.78, 5) is 200. The summed E-state index contributed by atoms with van der Waals surface area (Å²) in [5.74, 6) is -14.1. The summed E-state index contributed by atoms with van der Waals surface area (Å²) in [6, 6.07) is -10.2. The number of primary amides is 1.